The monoisotopic (exact) mass is 218 g/mol. The molecule has 16 heavy (non-hydrogen) atoms. The molecule has 0 aliphatic carbocycles. The van der Waals surface area contributed by atoms with Crippen LogP contribution in [0.25, 0.3) is 0 Å². The molecule has 0 fully saturated rings. The molecule has 0 saturated carbocycles. The molecule has 0 heteroatoms. The highest BCUT2D eigenvalue weighted by atomic mass is 14.1. The van der Waals surface area contributed by atoms with Gasteiger partial charge in [0.15, 0.2) is 0 Å². The first kappa shape index (κ1) is 13.3. The molecule has 0 nitrogen and oxygen atoms in total. The van der Waals surface area contributed by atoms with Crippen molar-refractivity contribution >= 4 is 0 Å². The topological polar surface area (TPSA) is 0 Å². The quantitative estimate of drug-likeness (QED) is 0.608. The first-order valence-corrected chi connectivity index (χ1v) is 6.93. The Kier molecular flexibility index (Phi) is 6.22. The maximum Gasteiger partial charge on any atom is -0.0276 e. The molecule has 0 atom stereocenters. The summed E-state index contributed by atoms with van der Waals surface area (Å²) in [4.78, 5) is 0. The number of aryl methyl sites for hydroxylation is 2. The Bertz CT molecular complexity index is 273. The lowest BCUT2D eigenvalue weighted by Crippen LogP contribution is -1.99. The van der Waals surface area contributed by atoms with Crippen LogP contribution < -0.4 is 0 Å². The fourth-order valence-corrected chi connectivity index (χ4v) is 2.34. The number of hydrogen-bond donors (Lipinski definition) is 0. The predicted molar refractivity (Wildman–Crippen MR) is 73.0 cm³/mol. The van der Waals surface area contributed by atoms with Crippen molar-refractivity contribution in [3.63, 3.8) is 0 Å². The average molecular weight is 218 g/mol. The van der Waals surface area contributed by atoms with Crippen LogP contribution in [0.2, 0.25) is 0 Å². The van der Waals surface area contributed by atoms with Crippen LogP contribution in [-0.2, 0) is 19.3 Å². The summed E-state index contributed by atoms with van der Waals surface area (Å²) in [6, 6.07) is 6.89. The molecule has 90 valence electrons. The van der Waals surface area contributed by atoms with Gasteiger partial charge in [0.05, 0.1) is 0 Å². The third-order valence-corrected chi connectivity index (χ3v) is 3.32. The van der Waals surface area contributed by atoms with Crippen LogP contribution in [0.15, 0.2) is 18.2 Å². The molecule has 1 aromatic rings. The van der Waals surface area contributed by atoms with Crippen molar-refractivity contribution in [2.75, 3.05) is 0 Å². The van der Waals surface area contributed by atoms with Crippen molar-refractivity contribution < 1.29 is 0 Å². The number of rotatable bonds is 7. The molecule has 0 aliphatic rings. The van der Waals surface area contributed by atoms with E-state index < -0.39 is 0 Å². The molecule has 0 saturated heterocycles. The second-order valence-electron chi connectivity index (χ2n) is 4.62. The lowest BCUT2D eigenvalue weighted by molar-refractivity contribution is 0.766. The third kappa shape index (κ3) is 3.66. The molecule has 0 aromatic heterocycles. The standard InChI is InChI=1S/C16H26/c1-4-7-10-14-12-9-13-15(11-8-5-2)16(14)6-3/h9,12-13H,4-8,10-11H2,1-3H3. The van der Waals surface area contributed by atoms with Crippen LogP contribution in [0, 0.1) is 0 Å². The normalized spacial score (nSPS) is 10.7. The fraction of sp³-hybridized carbons (Fsp3) is 0.625. The van der Waals surface area contributed by atoms with Gasteiger partial charge in [0.2, 0.25) is 0 Å². The second kappa shape index (κ2) is 7.49. The SMILES string of the molecule is CCCCc1cccc(CCCC)c1CC. The van der Waals surface area contributed by atoms with E-state index in [1.165, 1.54) is 44.9 Å². The van der Waals surface area contributed by atoms with E-state index in [0.29, 0.717) is 0 Å². The summed E-state index contributed by atoms with van der Waals surface area (Å²) < 4.78 is 0. The van der Waals surface area contributed by atoms with Crippen molar-refractivity contribution in [3.05, 3.63) is 34.9 Å². The number of unbranched alkanes of at least 4 members (excludes halogenated alkanes) is 2. The molecule has 0 bridgehead atoms. The first-order valence-electron chi connectivity index (χ1n) is 6.93. The summed E-state index contributed by atoms with van der Waals surface area (Å²) in [6.07, 6.45) is 8.96. The summed E-state index contributed by atoms with van der Waals surface area (Å²) in [5.41, 5.74) is 4.82. The summed E-state index contributed by atoms with van der Waals surface area (Å²) in [6.45, 7) is 6.83. The van der Waals surface area contributed by atoms with E-state index in [-0.39, 0.29) is 0 Å². The minimum Gasteiger partial charge on any atom is -0.0654 e. The van der Waals surface area contributed by atoms with Crippen LogP contribution in [0.3, 0.4) is 0 Å². The summed E-state index contributed by atoms with van der Waals surface area (Å²) >= 11 is 0. The Labute approximate surface area is 101 Å². The molecular weight excluding hydrogens is 192 g/mol. The van der Waals surface area contributed by atoms with Gasteiger partial charge in [-0.25, -0.2) is 0 Å². The smallest absolute Gasteiger partial charge is 0.0276 e. The van der Waals surface area contributed by atoms with Crippen molar-refractivity contribution in [1.82, 2.24) is 0 Å². The Hall–Kier alpha value is -0.780. The van der Waals surface area contributed by atoms with Gasteiger partial charge < -0.3 is 0 Å². The summed E-state index contributed by atoms with van der Waals surface area (Å²) in [5.74, 6) is 0. The molecule has 0 aliphatic heterocycles. The van der Waals surface area contributed by atoms with Crippen LogP contribution in [0.5, 0.6) is 0 Å². The Balaban J connectivity index is 2.82. The Morgan fingerprint density at radius 2 is 1.31 bits per heavy atom. The average Bonchev–Trinajstić information content (AvgIpc) is 2.33. The summed E-state index contributed by atoms with van der Waals surface area (Å²) in [7, 11) is 0. The van der Waals surface area contributed by atoms with E-state index >= 15 is 0 Å². The van der Waals surface area contributed by atoms with Gasteiger partial charge >= 0.3 is 0 Å². The largest absolute Gasteiger partial charge is 0.0654 e. The van der Waals surface area contributed by atoms with Gasteiger partial charge in [0.1, 0.15) is 0 Å². The highest BCUT2D eigenvalue weighted by Gasteiger charge is 2.05. The summed E-state index contributed by atoms with van der Waals surface area (Å²) in [5, 5.41) is 0. The molecule has 0 heterocycles. The van der Waals surface area contributed by atoms with E-state index in [2.05, 4.69) is 39.0 Å². The molecular formula is C16H26. The van der Waals surface area contributed by atoms with Crippen molar-refractivity contribution in [3.8, 4) is 0 Å². The van der Waals surface area contributed by atoms with Gasteiger partial charge in [-0.1, -0.05) is 51.8 Å². The molecule has 0 radical (unpaired) electrons. The van der Waals surface area contributed by atoms with Crippen LogP contribution >= 0.6 is 0 Å². The minimum atomic E-state index is 1.19. The molecule has 0 spiro atoms. The first-order chi connectivity index (χ1) is 7.83. The lowest BCUT2D eigenvalue weighted by atomic mass is 9.93. The third-order valence-electron chi connectivity index (χ3n) is 3.32. The predicted octanol–water partition coefficient (Wildman–Crippen LogP) is 4.93. The van der Waals surface area contributed by atoms with Gasteiger partial charge in [0.25, 0.3) is 0 Å². The van der Waals surface area contributed by atoms with Gasteiger partial charge in [-0.05, 0) is 48.8 Å². The van der Waals surface area contributed by atoms with Crippen LogP contribution in [0.1, 0.15) is 63.1 Å². The van der Waals surface area contributed by atoms with Gasteiger partial charge in [-0.15, -0.1) is 0 Å². The lowest BCUT2D eigenvalue weighted by Gasteiger charge is -2.13. The fourth-order valence-electron chi connectivity index (χ4n) is 2.34. The Morgan fingerprint density at radius 1 is 0.812 bits per heavy atom. The Morgan fingerprint density at radius 3 is 1.69 bits per heavy atom. The van der Waals surface area contributed by atoms with E-state index in [1.54, 1.807) is 16.7 Å². The zero-order valence-corrected chi connectivity index (χ0v) is 11.2. The molecule has 1 rings (SSSR count). The van der Waals surface area contributed by atoms with Crippen molar-refractivity contribution in [2.45, 2.75) is 65.7 Å². The van der Waals surface area contributed by atoms with Gasteiger partial charge in [-0.3, -0.25) is 0 Å². The van der Waals surface area contributed by atoms with Crippen molar-refractivity contribution in [1.29, 1.82) is 0 Å². The van der Waals surface area contributed by atoms with E-state index in [0.717, 1.165) is 0 Å². The molecule has 0 N–H and O–H groups in total. The molecule has 1 aromatic carbocycles. The van der Waals surface area contributed by atoms with Gasteiger partial charge in [-0.2, -0.15) is 0 Å². The van der Waals surface area contributed by atoms with Crippen LogP contribution in [-0.4, -0.2) is 0 Å². The zero-order chi connectivity index (χ0) is 11.8. The molecule has 0 unspecified atom stereocenters. The highest BCUT2D eigenvalue weighted by molar-refractivity contribution is 5.35. The van der Waals surface area contributed by atoms with Crippen molar-refractivity contribution in [2.24, 2.45) is 0 Å². The maximum absolute atomic E-state index is 2.32. The highest BCUT2D eigenvalue weighted by Crippen LogP contribution is 2.19. The number of hydrogen-bond acceptors (Lipinski definition) is 0. The molecule has 0 amide bonds. The van der Waals surface area contributed by atoms with E-state index in [4.69, 9.17) is 0 Å². The van der Waals surface area contributed by atoms with Crippen LogP contribution in [0.4, 0.5) is 0 Å². The zero-order valence-electron chi connectivity index (χ0n) is 11.2. The van der Waals surface area contributed by atoms with E-state index in [1.807, 2.05) is 0 Å². The van der Waals surface area contributed by atoms with E-state index in [9.17, 15) is 0 Å². The minimum absolute atomic E-state index is 1.19. The number of benzene rings is 1. The van der Waals surface area contributed by atoms with Gasteiger partial charge in [0, 0.05) is 0 Å². The maximum atomic E-state index is 2.32. The second-order valence-corrected chi connectivity index (χ2v) is 4.62.